The van der Waals surface area contributed by atoms with Crippen LogP contribution in [0.2, 0.25) is 5.02 Å². The van der Waals surface area contributed by atoms with Crippen LogP contribution in [0.5, 0.6) is 0 Å². The summed E-state index contributed by atoms with van der Waals surface area (Å²) >= 11 is 7.61. The van der Waals surface area contributed by atoms with E-state index in [0.717, 1.165) is 38.4 Å². The fourth-order valence-corrected chi connectivity index (χ4v) is 3.68. The van der Waals surface area contributed by atoms with Crippen LogP contribution >= 0.6 is 22.9 Å². The molecule has 1 aromatic heterocycles. The third kappa shape index (κ3) is 4.57. The van der Waals surface area contributed by atoms with Gasteiger partial charge in [-0.1, -0.05) is 11.6 Å². The topological polar surface area (TPSA) is 35.6 Å². The highest BCUT2D eigenvalue weighted by molar-refractivity contribution is 7.07. The van der Waals surface area contributed by atoms with E-state index in [0.29, 0.717) is 5.02 Å². The number of piperazine rings is 1. The summed E-state index contributed by atoms with van der Waals surface area (Å²) in [6.45, 7) is 6.80. The molecule has 2 heterocycles. The van der Waals surface area contributed by atoms with Crippen LogP contribution in [0.1, 0.15) is 12.5 Å². The number of amides is 1. The lowest BCUT2D eigenvalue weighted by Gasteiger charge is -2.37. The molecular weight excluding hydrogens is 342 g/mol. The number of hydrogen-bond donors (Lipinski definition) is 1. The molecule has 1 saturated heterocycles. The third-order valence-electron chi connectivity index (χ3n) is 4.43. The van der Waals surface area contributed by atoms with Gasteiger partial charge in [-0.3, -0.25) is 14.6 Å². The number of anilines is 1. The fourth-order valence-electron chi connectivity index (χ4n) is 2.90. The SMILES string of the molecule is CC(C(=O)Nc1ccc(Cl)cc1)N1CCN(Cc2ccsc2)CC1. The summed E-state index contributed by atoms with van der Waals surface area (Å²) in [7, 11) is 0. The number of carbonyl (C=O) groups is 1. The first kappa shape index (κ1) is 17.4. The molecule has 24 heavy (non-hydrogen) atoms. The number of rotatable bonds is 5. The zero-order valence-electron chi connectivity index (χ0n) is 13.7. The van der Waals surface area contributed by atoms with Crippen molar-refractivity contribution in [3.05, 3.63) is 51.7 Å². The largest absolute Gasteiger partial charge is 0.325 e. The Bertz CT molecular complexity index is 651. The molecule has 0 radical (unpaired) electrons. The summed E-state index contributed by atoms with van der Waals surface area (Å²) in [5.41, 5.74) is 2.16. The fraction of sp³-hybridized carbons (Fsp3) is 0.389. The van der Waals surface area contributed by atoms with E-state index < -0.39 is 0 Å². The van der Waals surface area contributed by atoms with Crippen molar-refractivity contribution in [2.75, 3.05) is 31.5 Å². The highest BCUT2D eigenvalue weighted by Crippen LogP contribution is 2.16. The van der Waals surface area contributed by atoms with Crippen LogP contribution in [-0.2, 0) is 11.3 Å². The molecular formula is C18H22ClN3OS. The van der Waals surface area contributed by atoms with Crippen LogP contribution in [0.3, 0.4) is 0 Å². The van der Waals surface area contributed by atoms with Gasteiger partial charge in [0, 0.05) is 43.4 Å². The molecule has 0 saturated carbocycles. The molecule has 1 aliphatic heterocycles. The number of halogens is 1. The lowest BCUT2D eigenvalue weighted by atomic mass is 10.2. The molecule has 3 rings (SSSR count). The zero-order valence-corrected chi connectivity index (χ0v) is 15.3. The molecule has 1 fully saturated rings. The van der Waals surface area contributed by atoms with E-state index in [1.54, 1.807) is 23.5 Å². The molecule has 1 amide bonds. The Labute approximate surface area is 152 Å². The lowest BCUT2D eigenvalue weighted by molar-refractivity contribution is -0.121. The van der Waals surface area contributed by atoms with Crippen molar-refractivity contribution in [2.24, 2.45) is 0 Å². The number of nitrogens with zero attached hydrogens (tertiary/aromatic N) is 2. The summed E-state index contributed by atoms with van der Waals surface area (Å²) < 4.78 is 0. The molecule has 0 aliphatic carbocycles. The predicted octanol–water partition coefficient (Wildman–Crippen LogP) is 3.55. The van der Waals surface area contributed by atoms with Gasteiger partial charge in [-0.05, 0) is 53.6 Å². The van der Waals surface area contributed by atoms with E-state index in [1.807, 2.05) is 19.1 Å². The summed E-state index contributed by atoms with van der Waals surface area (Å²) in [6.07, 6.45) is 0. The molecule has 6 heteroatoms. The molecule has 2 aromatic rings. The second kappa shape index (κ2) is 8.12. The van der Waals surface area contributed by atoms with E-state index in [4.69, 9.17) is 11.6 Å². The molecule has 0 bridgehead atoms. The van der Waals surface area contributed by atoms with Crippen LogP contribution < -0.4 is 5.32 Å². The summed E-state index contributed by atoms with van der Waals surface area (Å²) in [5.74, 6) is 0.0311. The van der Waals surface area contributed by atoms with E-state index in [9.17, 15) is 4.79 Å². The standard InChI is InChI=1S/C18H22ClN3OS/c1-14(18(23)20-17-4-2-16(19)3-5-17)22-9-7-21(8-10-22)12-15-6-11-24-13-15/h2-6,11,13-14H,7-10,12H2,1H3,(H,20,23). The maximum atomic E-state index is 12.4. The van der Waals surface area contributed by atoms with Crippen molar-refractivity contribution in [1.82, 2.24) is 9.80 Å². The van der Waals surface area contributed by atoms with Gasteiger partial charge in [-0.2, -0.15) is 11.3 Å². The van der Waals surface area contributed by atoms with Crippen LogP contribution in [-0.4, -0.2) is 47.9 Å². The Morgan fingerprint density at radius 2 is 1.92 bits per heavy atom. The first-order valence-electron chi connectivity index (χ1n) is 8.16. The van der Waals surface area contributed by atoms with Crippen LogP contribution in [0.4, 0.5) is 5.69 Å². The minimum atomic E-state index is -0.135. The molecule has 1 aliphatic rings. The highest BCUT2D eigenvalue weighted by atomic mass is 35.5. The van der Waals surface area contributed by atoms with Gasteiger partial charge in [0.05, 0.1) is 6.04 Å². The third-order valence-corrected chi connectivity index (χ3v) is 5.42. The molecule has 0 spiro atoms. The Morgan fingerprint density at radius 1 is 1.21 bits per heavy atom. The van der Waals surface area contributed by atoms with Gasteiger partial charge < -0.3 is 5.32 Å². The average Bonchev–Trinajstić information content (AvgIpc) is 3.10. The highest BCUT2D eigenvalue weighted by Gasteiger charge is 2.25. The van der Waals surface area contributed by atoms with Gasteiger partial charge in [-0.15, -0.1) is 0 Å². The molecule has 1 aromatic carbocycles. The molecule has 4 nitrogen and oxygen atoms in total. The van der Waals surface area contributed by atoms with Crippen LogP contribution in [0.25, 0.3) is 0 Å². The number of carbonyl (C=O) groups excluding carboxylic acids is 1. The molecule has 128 valence electrons. The summed E-state index contributed by atoms with van der Waals surface area (Å²) in [6, 6.07) is 9.26. The Morgan fingerprint density at radius 3 is 2.54 bits per heavy atom. The van der Waals surface area contributed by atoms with Gasteiger partial charge in [-0.25, -0.2) is 0 Å². The predicted molar refractivity (Wildman–Crippen MR) is 101 cm³/mol. The van der Waals surface area contributed by atoms with Gasteiger partial charge >= 0.3 is 0 Å². The quantitative estimate of drug-likeness (QED) is 0.882. The van der Waals surface area contributed by atoms with Gasteiger partial charge in [0.15, 0.2) is 0 Å². The van der Waals surface area contributed by atoms with Crippen LogP contribution in [0, 0.1) is 0 Å². The van der Waals surface area contributed by atoms with E-state index in [2.05, 4.69) is 31.9 Å². The second-order valence-electron chi connectivity index (χ2n) is 6.12. The molecule has 1 atom stereocenters. The average molecular weight is 364 g/mol. The number of hydrogen-bond acceptors (Lipinski definition) is 4. The first-order valence-corrected chi connectivity index (χ1v) is 9.48. The number of nitrogens with one attached hydrogen (secondary N) is 1. The van der Waals surface area contributed by atoms with E-state index in [1.165, 1.54) is 5.56 Å². The Hall–Kier alpha value is -1.40. The maximum Gasteiger partial charge on any atom is 0.241 e. The van der Waals surface area contributed by atoms with Crippen molar-refractivity contribution in [3.8, 4) is 0 Å². The normalized spacial score (nSPS) is 17.6. The van der Waals surface area contributed by atoms with Crippen molar-refractivity contribution in [3.63, 3.8) is 0 Å². The van der Waals surface area contributed by atoms with Gasteiger partial charge in [0.25, 0.3) is 0 Å². The monoisotopic (exact) mass is 363 g/mol. The van der Waals surface area contributed by atoms with E-state index >= 15 is 0 Å². The minimum Gasteiger partial charge on any atom is -0.325 e. The van der Waals surface area contributed by atoms with Gasteiger partial charge in [0.1, 0.15) is 0 Å². The second-order valence-corrected chi connectivity index (χ2v) is 7.33. The zero-order chi connectivity index (χ0) is 16.9. The Kier molecular flexibility index (Phi) is 5.89. The molecule has 1 unspecified atom stereocenters. The first-order chi connectivity index (χ1) is 11.6. The van der Waals surface area contributed by atoms with Crippen molar-refractivity contribution in [2.45, 2.75) is 19.5 Å². The number of thiophene rings is 1. The maximum absolute atomic E-state index is 12.4. The van der Waals surface area contributed by atoms with E-state index in [-0.39, 0.29) is 11.9 Å². The Balaban J connectivity index is 1.48. The van der Waals surface area contributed by atoms with Crippen molar-refractivity contribution < 1.29 is 4.79 Å². The minimum absolute atomic E-state index is 0.0311. The van der Waals surface area contributed by atoms with Crippen molar-refractivity contribution in [1.29, 1.82) is 0 Å². The van der Waals surface area contributed by atoms with Crippen LogP contribution in [0.15, 0.2) is 41.1 Å². The smallest absolute Gasteiger partial charge is 0.241 e. The summed E-state index contributed by atoms with van der Waals surface area (Å²) in [4.78, 5) is 17.1. The van der Waals surface area contributed by atoms with Gasteiger partial charge in [0.2, 0.25) is 5.91 Å². The summed E-state index contributed by atoms with van der Waals surface area (Å²) in [5, 5.41) is 7.95. The molecule has 1 N–H and O–H groups in total. The lowest BCUT2D eigenvalue weighted by Crippen LogP contribution is -2.52. The van der Waals surface area contributed by atoms with Crippen molar-refractivity contribution >= 4 is 34.5 Å². The number of benzene rings is 1.